The summed E-state index contributed by atoms with van der Waals surface area (Å²) in [5, 5.41) is 8.40. The topological polar surface area (TPSA) is 23.8 Å². The van der Waals surface area contributed by atoms with Gasteiger partial charge in [0, 0.05) is 0 Å². The van der Waals surface area contributed by atoms with Gasteiger partial charge in [0.2, 0.25) is 0 Å². The summed E-state index contributed by atoms with van der Waals surface area (Å²) in [4.78, 5) is 0. The molecule has 1 nitrogen and oxygen atoms in total. The van der Waals surface area contributed by atoms with Crippen molar-refractivity contribution in [3.05, 3.63) is 34.4 Å². The Morgan fingerprint density at radius 1 is 1.25 bits per heavy atom. The first-order valence-electron chi connectivity index (χ1n) is 3.43. The average Bonchev–Trinajstić information content (AvgIpc) is 2.08. The van der Waals surface area contributed by atoms with Gasteiger partial charge in [-0.25, -0.2) is 8.78 Å². The van der Waals surface area contributed by atoms with Gasteiger partial charge in [-0.05, 0) is 31.0 Å². The van der Waals surface area contributed by atoms with E-state index in [-0.39, 0.29) is 16.7 Å². The maximum absolute atomic E-state index is 13.1. The monoisotopic (exact) mass is 167 g/mol. The van der Waals surface area contributed by atoms with Crippen molar-refractivity contribution >= 4 is 0 Å². The summed E-state index contributed by atoms with van der Waals surface area (Å²) in [5.74, 6) is -1.16. The molecule has 1 aromatic carbocycles. The van der Waals surface area contributed by atoms with Crippen LogP contribution in [0.1, 0.15) is 16.7 Å². The standard InChI is InChI=1S/C9H7F2N/c1-5-6(2)9(11)7(4-12)3-8(5)10/h3H,1-2H3. The molecule has 12 heavy (non-hydrogen) atoms. The first-order chi connectivity index (χ1) is 5.57. The van der Waals surface area contributed by atoms with Crippen LogP contribution in [0.3, 0.4) is 0 Å². The van der Waals surface area contributed by atoms with Crippen LogP contribution in [-0.4, -0.2) is 0 Å². The Kier molecular flexibility index (Phi) is 2.09. The maximum Gasteiger partial charge on any atom is 0.144 e. The number of rotatable bonds is 0. The quantitative estimate of drug-likeness (QED) is 0.582. The van der Waals surface area contributed by atoms with Crippen molar-refractivity contribution in [1.82, 2.24) is 0 Å². The summed E-state index contributed by atoms with van der Waals surface area (Å²) in [7, 11) is 0. The Balaban J connectivity index is 3.52. The highest BCUT2D eigenvalue weighted by Gasteiger charge is 2.11. The van der Waals surface area contributed by atoms with Crippen LogP contribution in [0.15, 0.2) is 6.07 Å². The Bertz CT molecular complexity index is 364. The highest BCUT2D eigenvalue weighted by molar-refractivity contribution is 5.39. The van der Waals surface area contributed by atoms with Crippen molar-refractivity contribution in [2.45, 2.75) is 13.8 Å². The molecule has 0 heterocycles. The number of hydrogen-bond donors (Lipinski definition) is 0. The Morgan fingerprint density at radius 2 is 1.83 bits per heavy atom. The number of nitrogens with zero attached hydrogens (tertiary/aromatic N) is 1. The lowest BCUT2D eigenvalue weighted by molar-refractivity contribution is 0.581. The predicted octanol–water partition coefficient (Wildman–Crippen LogP) is 2.45. The lowest BCUT2D eigenvalue weighted by Crippen LogP contribution is -1.96. The summed E-state index contributed by atoms with van der Waals surface area (Å²) < 4.78 is 25.9. The summed E-state index contributed by atoms with van der Waals surface area (Å²) in [5.41, 5.74) is 0.216. The van der Waals surface area contributed by atoms with Crippen LogP contribution in [0.25, 0.3) is 0 Å². The predicted molar refractivity (Wildman–Crippen MR) is 40.5 cm³/mol. The molecule has 3 heteroatoms. The van der Waals surface area contributed by atoms with Crippen LogP contribution < -0.4 is 0 Å². The third-order valence-corrected chi connectivity index (χ3v) is 1.88. The molecule has 0 aliphatic rings. The second kappa shape index (κ2) is 2.90. The molecule has 62 valence electrons. The Morgan fingerprint density at radius 3 is 2.33 bits per heavy atom. The number of halogens is 2. The number of nitriles is 1. The molecule has 0 saturated carbocycles. The zero-order valence-corrected chi connectivity index (χ0v) is 6.78. The molecular formula is C9H7F2N. The van der Waals surface area contributed by atoms with Gasteiger partial charge < -0.3 is 0 Å². The fourth-order valence-corrected chi connectivity index (χ4v) is 0.925. The van der Waals surface area contributed by atoms with Gasteiger partial charge in [0.25, 0.3) is 0 Å². The van der Waals surface area contributed by atoms with Crippen molar-refractivity contribution < 1.29 is 8.78 Å². The van der Waals surface area contributed by atoms with Crippen LogP contribution in [-0.2, 0) is 0 Å². The van der Waals surface area contributed by atoms with Gasteiger partial charge in [-0.1, -0.05) is 0 Å². The SMILES string of the molecule is Cc1c(F)cc(C#N)c(F)c1C. The molecule has 0 aromatic heterocycles. The highest BCUT2D eigenvalue weighted by atomic mass is 19.1. The Hall–Kier alpha value is -1.43. The third kappa shape index (κ3) is 1.16. The largest absolute Gasteiger partial charge is 0.207 e. The number of hydrogen-bond acceptors (Lipinski definition) is 1. The second-order valence-electron chi connectivity index (χ2n) is 2.58. The second-order valence-corrected chi connectivity index (χ2v) is 2.58. The summed E-state index contributed by atoms with van der Waals surface area (Å²) >= 11 is 0. The molecule has 0 aliphatic carbocycles. The maximum atomic E-state index is 13.1. The van der Waals surface area contributed by atoms with E-state index >= 15 is 0 Å². The highest BCUT2D eigenvalue weighted by Crippen LogP contribution is 2.18. The molecule has 0 amide bonds. The molecular weight excluding hydrogens is 160 g/mol. The molecule has 0 saturated heterocycles. The summed E-state index contributed by atoms with van der Waals surface area (Å²) in [6.07, 6.45) is 0. The molecule has 0 fully saturated rings. The molecule has 0 aliphatic heterocycles. The first-order valence-corrected chi connectivity index (χ1v) is 3.43. The van der Waals surface area contributed by atoms with Gasteiger partial charge in [0.1, 0.15) is 17.7 Å². The van der Waals surface area contributed by atoms with Gasteiger partial charge in [0.15, 0.2) is 0 Å². The Labute approximate surface area is 69.2 Å². The molecule has 1 rings (SSSR count). The normalized spacial score (nSPS) is 9.58. The average molecular weight is 167 g/mol. The van der Waals surface area contributed by atoms with Crippen LogP contribution in [0.2, 0.25) is 0 Å². The van der Waals surface area contributed by atoms with E-state index in [9.17, 15) is 8.78 Å². The van der Waals surface area contributed by atoms with Gasteiger partial charge >= 0.3 is 0 Å². The lowest BCUT2D eigenvalue weighted by atomic mass is 10.1. The molecule has 1 aromatic rings. The smallest absolute Gasteiger partial charge is 0.144 e. The van der Waals surface area contributed by atoms with Crippen molar-refractivity contribution in [2.75, 3.05) is 0 Å². The van der Waals surface area contributed by atoms with Crippen molar-refractivity contribution in [2.24, 2.45) is 0 Å². The molecule has 0 N–H and O–H groups in total. The first kappa shape index (κ1) is 8.66. The van der Waals surface area contributed by atoms with E-state index in [1.807, 2.05) is 0 Å². The van der Waals surface area contributed by atoms with E-state index in [2.05, 4.69) is 0 Å². The lowest BCUT2D eigenvalue weighted by Gasteiger charge is -2.03. The van der Waals surface area contributed by atoms with Crippen molar-refractivity contribution in [3.63, 3.8) is 0 Å². The van der Waals surface area contributed by atoms with Gasteiger partial charge in [0.05, 0.1) is 5.56 Å². The summed E-state index contributed by atoms with van der Waals surface area (Å²) in [6.45, 7) is 2.93. The van der Waals surface area contributed by atoms with Gasteiger partial charge in [-0.15, -0.1) is 0 Å². The van der Waals surface area contributed by atoms with Crippen LogP contribution in [0.5, 0.6) is 0 Å². The zero-order valence-electron chi connectivity index (χ0n) is 6.78. The van der Waals surface area contributed by atoms with E-state index in [0.29, 0.717) is 0 Å². The molecule has 0 radical (unpaired) electrons. The van der Waals surface area contributed by atoms with E-state index in [1.165, 1.54) is 13.8 Å². The van der Waals surface area contributed by atoms with E-state index < -0.39 is 11.6 Å². The third-order valence-electron chi connectivity index (χ3n) is 1.88. The minimum atomic E-state index is -0.628. The molecule has 0 atom stereocenters. The minimum Gasteiger partial charge on any atom is -0.207 e. The van der Waals surface area contributed by atoms with Crippen molar-refractivity contribution in [1.29, 1.82) is 5.26 Å². The van der Waals surface area contributed by atoms with Crippen LogP contribution in [0.4, 0.5) is 8.78 Å². The van der Waals surface area contributed by atoms with Crippen LogP contribution in [0, 0.1) is 36.8 Å². The molecule has 0 spiro atoms. The minimum absolute atomic E-state index is 0.201. The van der Waals surface area contributed by atoms with Crippen molar-refractivity contribution in [3.8, 4) is 6.07 Å². The fraction of sp³-hybridized carbons (Fsp3) is 0.222. The zero-order chi connectivity index (χ0) is 9.30. The fourth-order valence-electron chi connectivity index (χ4n) is 0.925. The van der Waals surface area contributed by atoms with E-state index in [4.69, 9.17) is 5.26 Å². The van der Waals surface area contributed by atoms with E-state index in [0.717, 1.165) is 6.07 Å². The summed E-state index contributed by atoms with van der Waals surface area (Å²) in [6, 6.07) is 2.50. The molecule has 0 bridgehead atoms. The molecule has 0 unspecified atom stereocenters. The van der Waals surface area contributed by atoms with E-state index in [1.54, 1.807) is 6.07 Å². The van der Waals surface area contributed by atoms with Crippen LogP contribution >= 0.6 is 0 Å². The van der Waals surface area contributed by atoms with Gasteiger partial charge in [-0.3, -0.25) is 0 Å². The van der Waals surface area contributed by atoms with Gasteiger partial charge in [-0.2, -0.15) is 5.26 Å². The number of benzene rings is 1.